The van der Waals surface area contributed by atoms with Gasteiger partial charge in [0.1, 0.15) is 6.54 Å². The third-order valence-corrected chi connectivity index (χ3v) is 3.61. The number of anilines is 1. The topological polar surface area (TPSA) is 87.2 Å². The molecule has 0 bridgehead atoms. The van der Waals surface area contributed by atoms with E-state index >= 15 is 0 Å². The Labute approximate surface area is 133 Å². The first-order chi connectivity index (χ1) is 11.0. The molecule has 7 nitrogen and oxygen atoms in total. The van der Waals surface area contributed by atoms with Gasteiger partial charge in [-0.1, -0.05) is 18.2 Å². The molecule has 0 fully saturated rings. The number of benzene rings is 1. The summed E-state index contributed by atoms with van der Waals surface area (Å²) in [6.45, 7) is 2.20. The number of amides is 1. The largest absolute Gasteiger partial charge is 0.370 e. The highest BCUT2D eigenvalue weighted by Crippen LogP contribution is 2.13. The highest BCUT2D eigenvalue weighted by molar-refractivity contribution is 5.75. The number of para-hydroxylation sites is 1. The van der Waals surface area contributed by atoms with Crippen LogP contribution in [0.5, 0.6) is 0 Å². The Morgan fingerprint density at radius 3 is 2.61 bits per heavy atom. The van der Waals surface area contributed by atoms with Crippen molar-refractivity contribution >= 4 is 11.6 Å². The minimum Gasteiger partial charge on any atom is -0.370 e. The Hall–Kier alpha value is -2.83. The van der Waals surface area contributed by atoms with Crippen LogP contribution in [0, 0.1) is 0 Å². The summed E-state index contributed by atoms with van der Waals surface area (Å²) in [5.74, 6) is -0.331. The zero-order valence-electron chi connectivity index (χ0n) is 13.2. The van der Waals surface area contributed by atoms with Gasteiger partial charge in [-0.2, -0.15) is 0 Å². The summed E-state index contributed by atoms with van der Waals surface area (Å²) in [5, 5.41) is 5.09. The van der Waals surface area contributed by atoms with Crippen LogP contribution in [0.3, 0.4) is 0 Å². The van der Waals surface area contributed by atoms with Gasteiger partial charge >= 0.3 is 0 Å². The van der Waals surface area contributed by atoms with E-state index in [2.05, 4.69) is 15.3 Å². The second-order valence-corrected chi connectivity index (χ2v) is 5.33. The zero-order chi connectivity index (χ0) is 16.8. The van der Waals surface area contributed by atoms with Crippen molar-refractivity contribution in [3.8, 4) is 0 Å². The highest BCUT2D eigenvalue weighted by atomic mass is 16.2. The number of carbonyl (C=O) groups excluding carboxylic acids is 1. The molecule has 0 spiro atoms. The highest BCUT2D eigenvalue weighted by Gasteiger charge is 2.12. The second kappa shape index (κ2) is 7.44. The summed E-state index contributed by atoms with van der Waals surface area (Å²) in [5.41, 5.74) is 0.210. The summed E-state index contributed by atoms with van der Waals surface area (Å²) < 4.78 is 0.989. The van der Waals surface area contributed by atoms with Crippen molar-refractivity contribution in [2.24, 2.45) is 0 Å². The number of likely N-dealkylation sites (N-methyl/N-ethyl adjacent to an activating group) is 1. The number of hydrogen-bond donors (Lipinski definition) is 2. The van der Waals surface area contributed by atoms with E-state index in [-0.39, 0.29) is 18.5 Å². The lowest BCUT2D eigenvalue weighted by Crippen LogP contribution is -2.42. The van der Waals surface area contributed by atoms with Crippen LogP contribution in [0.4, 0.5) is 5.69 Å². The van der Waals surface area contributed by atoms with Gasteiger partial charge in [0.05, 0.1) is 0 Å². The molecule has 1 unspecified atom stereocenters. The number of rotatable bonds is 6. The van der Waals surface area contributed by atoms with E-state index in [0.29, 0.717) is 6.54 Å². The van der Waals surface area contributed by atoms with E-state index in [1.807, 2.05) is 44.3 Å². The average molecular weight is 316 g/mol. The molecule has 2 rings (SSSR count). The number of aromatic amines is 1. The molecule has 0 saturated carbocycles. The molecule has 1 heterocycles. The first-order valence-electron chi connectivity index (χ1n) is 7.32. The quantitative estimate of drug-likeness (QED) is 0.796. The van der Waals surface area contributed by atoms with Crippen molar-refractivity contribution in [1.82, 2.24) is 15.1 Å². The van der Waals surface area contributed by atoms with Crippen LogP contribution in [0.2, 0.25) is 0 Å². The molecule has 1 aromatic carbocycles. The van der Waals surface area contributed by atoms with E-state index in [9.17, 15) is 14.4 Å². The Morgan fingerprint density at radius 2 is 1.91 bits per heavy atom. The lowest BCUT2D eigenvalue weighted by molar-refractivity contribution is -0.121. The molecule has 0 aliphatic carbocycles. The van der Waals surface area contributed by atoms with Gasteiger partial charge in [-0.3, -0.25) is 19.5 Å². The number of H-pyrrole nitrogens is 1. The van der Waals surface area contributed by atoms with E-state index in [4.69, 9.17) is 0 Å². The van der Waals surface area contributed by atoms with Crippen molar-refractivity contribution in [2.75, 3.05) is 18.5 Å². The predicted octanol–water partition coefficient (Wildman–Crippen LogP) is 0.178. The standard InChI is InChI=1S/C16H20N4O3/c1-12(19(2)13-6-4-3-5-7-13)10-17-15(22)11-20-16(23)9-8-14(21)18-20/h3-9,12H,10-11H2,1-2H3,(H,17,22)(H,18,21). The molecule has 2 N–H and O–H groups in total. The monoisotopic (exact) mass is 316 g/mol. The van der Waals surface area contributed by atoms with Crippen LogP contribution >= 0.6 is 0 Å². The third kappa shape index (κ3) is 4.57. The molecule has 1 amide bonds. The van der Waals surface area contributed by atoms with E-state index < -0.39 is 11.1 Å². The molecule has 1 atom stereocenters. The average Bonchev–Trinajstić information content (AvgIpc) is 2.56. The van der Waals surface area contributed by atoms with Crippen LogP contribution in [-0.4, -0.2) is 35.3 Å². The van der Waals surface area contributed by atoms with Crippen molar-refractivity contribution in [3.05, 3.63) is 63.2 Å². The Kier molecular flexibility index (Phi) is 5.35. The van der Waals surface area contributed by atoms with Gasteiger partial charge in [0.15, 0.2) is 0 Å². The molecule has 0 aliphatic heterocycles. The van der Waals surface area contributed by atoms with Crippen molar-refractivity contribution in [2.45, 2.75) is 19.5 Å². The number of nitrogens with zero attached hydrogens (tertiary/aromatic N) is 2. The van der Waals surface area contributed by atoms with Crippen LogP contribution in [0.15, 0.2) is 52.1 Å². The summed E-state index contributed by atoms with van der Waals surface area (Å²) in [6, 6.07) is 12.2. The maximum atomic E-state index is 11.9. The molecular formula is C16H20N4O3. The van der Waals surface area contributed by atoms with Gasteiger partial charge in [0.2, 0.25) is 5.91 Å². The first-order valence-corrected chi connectivity index (χ1v) is 7.32. The van der Waals surface area contributed by atoms with E-state index in [0.717, 1.165) is 22.5 Å². The lowest BCUT2D eigenvalue weighted by Gasteiger charge is -2.27. The van der Waals surface area contributed by atoms with Gasteiger partial charge in [-0.15, -0.1) is 0 Å². The van der Waals surface area contributed by atoms with Crippen LogP contribution in [-0.2, 0) is 11.3 Å². The maximum absolute atomic E-state index is 11.9. The number of nitrogens with one attached hydrogen (secondary N) is 2. The smallest absolute Gasteiger partial charge is 0.265 e. The van der Waals surface area contributed by atoms with Crippen LogP contribution in [0.25, 0.3) is 0 Å². The predicted molar refractivity (Wildman–Crippen MR) is 88.6 cm³/mol. The molecule has 7 heteroatoms. The molecule has 23 heavy (non-hydrogen) atoms. The lowest BCUT2D eigenvalue weighted by atomic mass is 10.2. The van der Waals surface area contributed by atoms with E-state index in [1.54, 1.807) is 0 Å². The Balaban J connectivity index is 1.90. The molecule has 2 aromatic rings. The van der Waals surface area contributed by atoms with Crippen molar-refractivity contribution in [3.63, 3.8) is 0 Å². The number of carbonyl (C=O) groups is 1. The number of aromatic nitrogens is 2. The molecule has 122 valence electrons. The minimum atomic E-state index is -0.422. The first kappa shape index (κ1) is 16.5. The molecular weight excluding hydrogens is 296 g/mol. The maximum Gasteiger partial charge on any atom is 0.265 e. The van der Waals surface area contributed by atoms with Crippen LogP contribution < -0.4 is 21.3 Å². The Morgan fingerprint density at radius 1 is 1.22 bits per heavy atom. The normalized spacial score (nSPS) is 11.7. The molecule has 1 aromatic heterocycles. The van der Waals surface area contributed by atoms with Gasteiger partial charge in [-0.05, 0) is 19.1 Å². The third-order valence-electron chi connectivity index (χ3n) is 3.61. The van der Waals surface area contributed by atoms with Crippen LogP contribution in [0.1, 0.15) is 6.92 Å². The zero-order valence-corrected chi connectivity index (χ0v) is 13.2. The fraction of sp³-hybridized carbons (Fsp3) is 0.312. The van der Waals surface area contributed by atoms with Crippen molar-refractivity contribution in [1.29, 1.82) is 0 Å². The summed E-state index contributed by atoms with van der Waals surface area (Å²) in [4.78, 5) is 36.7. The fourth-order valence-electron chi connectivity index (χ4n) is 2.10. The molecule has 0 radical (unpaired) electrons. The van der Waals surface area contributed by atoms with Gasteiger partial charge in [0, 0.05) is 37.5 Å². The van der Waals surface area contributed by atoms with Gasteiger partial charge < -0.3 is 10.2 Å². The second-order valence-electron chi connectivity index (χ2n) is 5.33. The molecule has 0 aliphatic rings. The summed E-state index contributed by atoms with van der Waals surface area (Å²) >= 11 is 0. The fourth-order valence-corrected chi connectivity index (χ4v) is 2.10. The SMILES string of the molecule is CC(CNC(=O)Cn1[nH]c(=O)ccc1=O)N(C)c1ccccc1. The van der Waals surface area contributed by atoms with E-state index in [1.165, 1.54) is 0 Å². The molecule has 0 saturated heterocycles. The van der Waals surface area contributed by atoms with Crippen molar-refractivity contribution < 1.29 is 4.79 Å². The minimum absolute atomic E-state index is 0.0768. The van der Waals surface area contributed by atoms with Gasteiger partial charge in [0.25, 0.3) is 11.1 Å². The number of hydrogen-bond acceptors (Lipinski definition) is 4. The summed E-state index contributed by atoms with van der Waals surface area (Å²) in [7, 11) is 1.95. The van der Waals surface area contributed by atoms with Gasteiger partial charge in [-0.25, -0.2) is 4.68 Å². The Bertz CT molecular complexity index is 767. The summed E-state index contributed by atoms with van der Waals surface area (Å²) in [6.07, 6.45) is 0.